The normalized spacial score (nSPS) is 26.4. The number of benzene rings is 1. The quantitative estimate of drug-likeness (QED) is 0.625. The Hall–Kier alpha value is -2.61. The van der Waals surface area contributed by atoms with Gasteiger partial charge >= 0.3 is 11.9 Å². The number of aliphatic carboxylic acids is 1. The van der Waals surface area contributed by atoms with Gasteiger partial charge in [-0.2, -0.15) is 0 Å². The van der Waals surface area contributed by atoms with Crippen molar-refractivity contribution in [1.82, 2.24) is 4.90 Å². The highest BCUT2D eigenvalue weighted by Crippen LogP contribution is 2.48. The van der Waals surface area contributed by atoms with Crippen molar-refractivity contribution < 1.29 is 29.0 Å². The number of methoxy groups -OCH3 is 2. The highest BCUT2D eigenvalue weighted by Gasteiger charge is 2.61. The first-order valence-corrected chi connectivity index (χ1v) is 10.3. The van der Waals surface area contributed by atoms with Crippen LogP contribution in [0.5, 0.6) is 5.75 Å². The van der Waals surface area contributed by atoms with Crippen molar-refractivity contribution in [3.05, 3.63) is 24.3 Å². The number of ether oxygens (including phenoxy) is 2. The Labute approximate surface area is 176 Å². The van der Waals surface area contributed by atoms with E-state index in [9.17, 15) is 19.5 Å². The van der Waals surface area contributed by atoms with Crippen molar-refractivity contribution in [2.24, 2.45) is 17.8 Å². The zero-order valence-corrected chi connectivity index (χ0v) is 17.8. The van der Waals surface area contributed by atoms with E-state index in [1.807, 2.05) is 18.7 Å². The van der Waals surface area contributed by atoms with E-state index < -0.39 is 29.8 Å². The molecule has 0 spiro atoms. The molecule has 0 radical (unpaired) electrons. The van der Waals surface area contributed by atoms with Crippen LogP contribution in [0.1, 0.15) is 33.1 Å². The van der Waals surface area contributed by atoms with E-state index in [-0.39, 0.29) is 23.9 Å². The summed E-state index contributed by atoms with van der Waals surface area (Å²) in [6.45, 7) is 4.05. The number of nitrogens with zero attached hydrogens (tertiary/aromatic N) is 1. The van der Waals surface area contributed by atoms with Crippen molar-refractivity contribution in [1.29, 1.82) is 0 Å². The van der Waals surface area contributed by atoms with Gasteiger partial charge in [-0.15, -0.1) is 0 Å². The van der Waals surface area contributed by atoms with Crippen LogP contribution >= 0.6 is 0 Å². The summed E-state index contributed by atoms with van der Waals surface area (Å²) in [5.74, 6) is -2.43. The summed E-state index contributed by atoms with van der Waals surface area (Å²) >= 11 is 0. The maximum atomic E-state index is 13.3. The molecule has 0 saturated carbocycles. The molecule has 0 aliphatic carbocycles. The van der Waals surface area contributed by atoms with Crippen LogP contribution in [0, 0.1) is 17.8 Å². The third-order valence-corrected chi connectivity index (χ3v) is 6.21. The third-order valence-electron chi connectivity index (χ3n) is 6.21. The SMILES string of the molecule is COC(=O)[C@H]1[C@H](C(=O)O)[C@@H]2CC[C@H]1N2C(CC(C)C)C(=O)Nc1ccc(OC)cc1. The van der Waals surface area contributed by atoms with Crippen LogP contribution in [0.15, 0.2) is 24.3 Å². The molecule has 2 aliphatic rings. The number of fused-ring (bicyclic) bond motifs is 2. The van der Waals surface area contributed by atoms with E-state index in [1.54, 1.807) is 31.4 Å². The Bertz CT molecular complexity index is 793. The fourth-order valence-corrected chi connectivity index (χ4v) is 5.03. The molecule has 2 fully saturated rings. The lowest BCUT2D eigenvalue weighted by molar-refractivity contribution is -0.156. The number of amides is 1. The minimum Gasteiger partial charge on any atom is -0.497 e. The molecular weight excluding hydrogens is 388 g/mol. The van der Waals surface area contributed by atoms with Gasteiger partial charge in [-0.3, -0.25) is 19.3 Å². The lowest BCUT2D eigenvalue weighted by Crippen LogP contribution is -2.48. The number of hydrogen-bond acceptors (Lipinski definition) is 6. The average molecular weight is 418 g/mol. The van der Waals surface area contributed by atoms with Crippen molar-refractivity contribution >= 4 is 23.5 Å². The van der Waals surface area contributed by atoms with Gasteiger partial charge in [0.15, 0.2) is 0 Å². The molecule has 3 rings (SSSR count). The van der Waals surface area contributed by atoms with Crippen LogP contribution in [-0.2, 0) is 19.1 Å². The van der Waals surface area contributed by atoms with Gasteiger partial charge in [-0.05, 0) is 49.4 Å². The number of rotatable bonds is 8. The van der Waals surface area contributed by atoms with Gasteiger partial charge < -0.3 is 19.9 Å². The van der Waals surface area contributed by atoms with Gasteiger partial charge in [0, 0.05) is 17.8 Å². The van der Waals surface area contributed by atoms with Crippen molar-refractivity contribution in [3.8, 4) is 5.75 Å². The average Bonchev–Trinajstić information content (AvgIpc) is 3.27. The predicted molar refractivity (Wildman–Crippen MR) is 110 cm³/mol. The van der Waals surface area contributed by atoms with Gasteiger partial charge in [0.1, 0.15) is 5.75 Å². The molecular formula is C22H30N2O6. The standard InChI is InChI=1S/C22H30N2O6/c1-12(2)11-17(20(25)23-13-5-7-14(29-3)8-6-13)24-15-9-10-16(24)19(22(28)30-4)18(15)21(26)27/h5-8,12,15-19H,9-11H2,1-4H3,(H,23,25)(H,26,27)/t15-,16+,17?,18+,19+/m0/s1. The zero-order chi connectivity index (χ0) is 22.0. The zero-order valence-electron chi connectivity index (χ0n) is 17.8. The highest BCUT2D eigenvalue weighted by atomic mass is 16.5. The molecule has 2 bridgehead atoms. The third kappa shape index (κ3) is 4.14. The lowest BCUT2D eigenvalue weighted by atomic mass is 9.79. The van der Waals surface area contributed by atoms with Crippen LogP contribution in [0.2, 0.25) is 0 Å². The number of carbonyl (C=O) groups excluding carboxylic acids is 2. The molecule has 164 valence electrons. The number of carboxylic acid groups (broad SMARTS) is 1. The molecule has 5 atom stereocenters. The molecule has 1 unspecified atom stereocenters. The summed E-state index contributed by atoms with van der Waals surface area (Å²) in [5, 5.41) is 12.8. The Balaban J connectivity index is 1.88. The summed E-state index contributed by atoms with van der Waals surface area (Å²) in [4.78, 5) is 39.6. The van der Waals surface area contributed by atoms with E-state index >= 15 is 0 Å². The van der Waals surface area contributed by atoms with Crippen LogP contribution in [0.25, 0.3) is 0 Å². The fraction of sp³-hybridized carbons (Fsp3) is 0.591. The Morgan fingerprint density at radius 2 is 1.70 bits per heavy atom. The smallest absolute Gasteiger partial charge is 0.311 e. The molecule has 2 aliphatic heterocycles. The first-order chi connectivity index (χ1) is 14.3. The molecule has 8 nitrogen and oxygen atoms in total. The number of esters is 1. The van der Waals surface area contributed by atoms with Crippen LogP contribution < -0.4 is 10.1 Å². The summed E-state index contributed by atoms with van der Waals surface area (Å²) in [7, 11) is 2.85. The molecule has 1 amide bonds. The van der Waals surface area contributed by atoms with Crippen molar-refractivity contribution in [2.45, 2.75) is 51.2 Å². The molecule has 1 aromatic carbocycles. The van der Waals surface area contributed by atoms with E-state index in [0.29, 0.717) is 30.7 Å². The Morgan fingerprint density at radius 1 is 1.10 bits per heavy atom. The minimum atomic E-state index is -1.01. The maximum Gasteiger partial charge on any atom is 0.311 e. The molecule has 8 heteroatoms. The Morgan fingerprint density at radius 3 is 2.20 bits per heavy atom. The molecule has 2 N–H and O–H groups in total. The van der Waals surface area contributed by atoms with E-state index in [1.165, 1.54) is 7.11 Å². The number of carbonyl (C=O) groups is 3. The van der Waals surface area contributed by atoms with Crippen LogP contribution in [-0.4, -0.2) is 60.2 Å². The number of carboxylic acids is 1. The second kappa shape index (κ2) is 9.04. The topological polar surface area (TPSA) is 105 Å². The van der Waals surface area contributed by atoms with Crippen molar-refractivity contribution in [2.75, 3.05) is 19.5 Å². The van der Waals surface area contributed by atoms with Crippen molar-refractivity contribution in [3.63, 3.8) is 0 Å². The summed E-state index contributed by atoms with van der Waals surface area (Å²) in [6.07, 6.45) is 1.90. The van der Waals surface area contributed by atoms with E-state index in [2.05, 4.69) is 5.32 Å². The van der Waals surface area contributed by atoms with Gasteiger partial charge in [0.25, 0.3) is 0 Å². The first-order valence-electron chi connectivity index (χ1n) is 10.3. The lowest BCUT2D eigenvalue weighted by Gasteiger charge is -2.32. The number of hydrogen-bond donors (Lipinski definition) is 2. The fourth-order valence-electron chi connectivity index (χ4n) is 5.03. The molecule has 2 heterocycles. The summed E-state index contributed by atoms with van der Waals surface area (Å²) in [6, 6.07) is 5.86. The number of nitrogens with one attached hydrogen (secondary N) is 1. The van der Waals surface area contributed by atoms with E-state index in [0.717, 1.165) is 0 Å². The minimum absolute atomic E-state index is 0.194. The molecule has 0 aromatic heterocycles. The monoisotopic (exact) mass is 418 g/mol. The Kier molecular flexibility index (Phi) is 6.65. The van der Waals surface area contributed by atoms with Crippen LogP contribution in [0.3, 0.4) is 0 Å². The summed E-state index contributed by atoms with van der Waals surface area (Å²) in [5.41, 5.74) is 0.639. The highest BCUT2D eigenvalue weighted by molar-refractivity contribution is 5.95. The predicted octanol–water partition coefficient (Wildman–Crippen LogP) is 2.38. The molecule has 30 heavy (non-hydrogen) atoms. The first kappa shape index (κ1) is 22.1. The van der Waals surface area contributed by atoms with Gasteiger partial charge in [0.2, 0.25) is 5.91 Å². The largest absolute Gasteiger partial charge is 0.497 e. The van der Waals surface area contributed by atoms with Crippen LogP contribution in [0.4, 0.5) is 5.69 Å². The molecule has 1 aromatic rings. The van der Waals surface area contributed by atoms with E-state index in [4.69, 9.17) is 9.47 Å². The maximum absolute atomic E-state index is 13.3. The molecule has 2 saturated heterocycles. The van der Waals surface area contributed by atoms with Gasteiger partial charge in [0.05, 0.1) is 32.1 Å². The van der Waals surface area contributed by atoms with Gasteiger partial charge in [-0.1, -0.05) is 13.8 Å². The summed E-state index contributed by atoms with van der Waals surface area (Å²) < 4.78 is 10.1. The second-order valence-electron chi connectivity index (χ2n) is 8.44. The van der Waals surface area contributed by atoms with Gasteiger partial charge in [-0.25, -0.2) is 0 Å². The number of anilines is 1. The second-order valence-corrected chi connectivity index (χ2v) is 8.44.